The molecule has 0 radical (unpaired) electrons. The van der Waals surface area contributed by atoms with E-state index in [0.29, 0.717) is 12.2 Å². The van der Waals surface area contributed by atoms with Crippen LogP contribution in [0.5, 0.6) is 0 Å². The van der Waals surface area contributed by atoms with E-state index in [1.165, 1.54) is 23.9 Å². The van der Waals surface area contributed by atoms with E-state index in [4.69, 9.17) is 5.11 Å². The number of aliphatic carboxylic acids is 1. The van der Waals surface area contributed by atoms with Crippen molar-refractivity contribution in [2.24, 2.45) is 0 Å². The van der Waals surface area contributed by atoms with Gasteiger partial charge in [-0.3, -0.25) is 9.59 Å². The average molecular weight is 325 g/mol. The van der Waals surface area contributed by atoms with Crippen molar-refractivity contribution in [2.75, 3.05) is 5.75 Å². The Hall–Kier alpha value is -1.56. The molecule has 0 aliphatic heterocycles. The lowest BCUT2D eigenvalue weighted by Crippen LogP contribution is -2.47. The van der Waals surface area contributed by atoms with E-state index in [1.54, 1.807) is 12.1 Å². The van der Waals surface area contributed by atoms with Crippen LogP contribution in [0.2, 0.25) is 0 Å². The van der Waals surface area contributed by atoms with E-state index in [1.807, 2.05) is 0 Å². The van der Waals surface area contributed by atoms with E-state index < -0.39 is 11.5 Å². The average Bonchev–Trinajstić information content (AvgIpc) is 2.88. The highest BCUT2D eigenvalue weighted by Crippen LogP contribution is 2.32. The lowest BCUT2D eigenvalue weighted by Gasteiger charge is -2.28. The molecule has 1 aromatic carbocycles. The molecule has 0 unspecified atom stereocenters. The molecule has 1 aliphatic carbocycles. The van der Waals surface area contributed by atoms with Crippen molar-refractivity contribution >= 4 is 23.6 Å². The van der Waals surface area contributed by atoms with E-state index in [9.17, 15) is 14.0 Å². The molecule has 0 saturated heterocycles. The first-order chi connectivity index (χ1) is 10.5. The van der Waals surface area contributed by atoms with Gasteiger partial charge in [0.05, 0.1) is 12.0 Å². The molecule has 0 bridgehead atoms. The molecular weight excluding hydrogens is 305 g/mol. The second-order valence-electron chi connectivity index (χ2n) is 5.66. The molecule has 22 heavy (non-hydrogen) atoms. The fourth-order valence-electron chi connectivity index (χ4n) is 2.84. The summed E-state index contributed by atoms with van der Waals surface area (Å²) < 4.78 is 12.8. The molecule has 0 heterocycles. The predicted octanol–water partition coefficient (Wildman–Crippen LogP) is 3.21. The van der Waals surface area contributed by atoms with E-state index in [0.717, 1.165) is 30.6 Å². The Balaban J connectivity index is 1.79. The SMILES string of the molecule is O=C(O)CC1(NC(=O)CCSc2ccc(F)cc2)CCCC1. The monoisotopic (exact) mass is 325 g/mol. The fourth-order valence-corrected chi connectivity index (χ4v) is 3.69. The van der Waals surface area contributed by atoms with E-state index in [2.05, 4.69) is 5.32 Å². The van der Waals surface area contributed by atoms with Gasteiger partial charge in [0.25, 0.3) is 0 Å². The Labute approximate surface area is 133 Å². The van der Waals surface area contributed by atoms with E-state index in [-0.39, 0.29) is 18.1 Å². The molecule has 0 atom stereocenters. The minimum atomic E-state index is -0.872. The van der Waals surface area contributed by atoms with Gasteiger partial charge in [0.15, 0.2) is 0 Å². The molecule has 1 aliphatic rings. The van der Waals surface area contributed by atoms with E-state index >= 15 is 0 Å². The maximum atomic E-state index is 12.8. The molecule has 2 N–H and O–H groups in total. The van der Waals surface area contributed by atoms with Gasteiger partial charge in [-0.05, 0) is 37.1 Å². The number of carboxylic acid groups (broad SMARTS) is 1. The van der Waals surface area contributed by atoms with Crippen LogP contribution >= 0.6 is 11.8 Å². The third kappa shape index (κ3) is 5.02. The van der Waals surface area contributed by atoms with Crippen molar-refractivity contribution in [3.8, 4) is 0 Å². The summed E-state index contributed by atoms with van der Waals surface area (Å²) in [5.74, 6) is -0.680. The van der Waals surface area contributed by atoms with Crippen molar-refractivity contribution in [3.05, 3.63) is 30.1 Å². The van der Waals surface area contributed by atoms with Gasteiger partial charge in [0, 0.05) is 17.1 Å². The van der Waals surface area contributed by atoms with Gasteiger partial charge in [0.2, 0.25) is 5.91 Å². The third-order valence-corrected chi connectivity index (χ3v) is 4.88. The van der Waals surface area contributed by atoms with Gasteiger partial charge in [-0.15, -0.1) is 11.8 Å². The smallest absolute Gasteiger partial charge is 0.305 e. The van der Waals surface area contributed by atoms with Crippen molar-refractivity contribution in [3.63, 3.8) is 0 Å². The Bertz CT molecular complexity index is 527. The number of carbonyl (C=O) groups excluding carboxylic acids is 1. The van der Waals surface area contributed by atoms with Gasteiger partial charge in [-0.1, -0.05) is 12.8 Å². The first-order valence-electron chi connectivity index (χ1n) is 7.40. The number of halogens is 1. The van der Waals surface area contributed by atoms with Crippen LogP contribution in [-0.2, 0) is 9.59 Å². The number of nitrogens with one attached hydrogen (secondary N) is 1. The molecule has 1 amide bonds. The number of carboxylic acids is 1. The molecule has 1 aromatic rings. The summed E-state index contributed by atoms with van der Waals surface area (Å²) in [6.45, 7) is 0. The highest BCUT2D eigenvalue weighted by molar-refractivity contribution is 7.99. The number of hydrogen-bond donors (Lipinski definition) is 2. The van der Waals surface area contributed by atoms with Gasteiger partial charge in [-0.25, -0.2) is 4.39 Å². The zero-order valence-electron chi connectivity index (χ0n) is 12.3. The maximum Gasteiger partial charge on any atom is 0.305 e. The van der Waals surface area contributed by atoms with Crippen LogP contribution in [-0.4, -0.2) is 28.3 Å². The van der Waals surface area contributed by atoms with Crippen LogP contribution in [0.4, 0.5) is 4.39 Å². The topological polar surface area (TPSA) is 66.4 Å². The number of benzene rings is 1. The Morgan fingerprint density at radius 3 is 2.45 bits per heavy atom. The second kappa shape index (κ2) is 7.63. The van der Waals surface area contributed by atoms with Crippen LogP contribution in [0.15, 0.2) is 29.2 Å². The minimum absolute atomic E-state index is 0.0101. The predicted molar refractivity (Wildman–Crippen MR) is 83.3 cm³/mol. The zero-order chi connectivity index (χ0) is 16.0. The summed E-state index contributed by atoms with van der Waals surface area (Å²) in [4.78, 5) is 23.9. The number of rotatable bonds is 7. The molecule has 1 fully saturated rings. The Morgan fingerprint density at radius 1 is 1.23 bits per heavy atom. The minimum Gasteiger partial charge on any atom is -0.481 e. The molecule has 1 saturated carbocycles. The summed E-state index contributed by atoms with van der Waals surface area (Å²) in [6, 6.07) is 6.15. The normalized spacial score (nSPS) is 16.4. The van der Waals surface area contributed by atoms with Crippen molar-refractivity contribution < 1.29 is 19.1 Å². The molecule has 0 spiro atoms. The number of carbonyl (C=O) groups is 2. The van der Waals surface area contributed by atoms with Gasteiger partial charge >= 0.3 is 5.97 Å². The molecule has 2 rings (SSSR count). The summed E-state index contributed by atoms with van der Waals surface area (Å²) in [7, 11) is 0. The van der Waals surface area contributed by atoms with Crippen LogP contribution in [0.1, 0.15) is 38.5 Å². The van der Waals surface area contributed by atoms with Crippen LogP contribution in [0, 0.1) is 5.82 Å². The molecule has 120 valence electrons. The largest absolute Gasteiger partial charge is 0.481 e. The summed E-state index contributed by atoms with van der Waals surface area (Å²) in [5.41, 5.74) is -0.566. The van der Waals surface area contributed by atoms with Crippen LogP contribution in [0.3, 0.4) is 0 Å². The fraction of sp³-hybridized carbons (Fsp3) is 0.500. The lowest BCUT2D eigenvalue weighted by molar-refractivity contribution is -0.139. The van der Waals surface area contributed by atoms with Gasteiger partial charge < -0.3 is 10.4 Å². The van der Waals surface area contributed by atoms with Crippen molar-refractivity contribution in [1.29, 1.82) is 0 Å². The first kappa shape index (κ1) is 16.8. The summed E-state index contributed by atoms with van der Waals surface area (Å²) >= 11 is 1.48. The quantitative estimate of drug-likeness (QED) is 0.756. The van der Waals surface area contributed by atoms with Crippen LogP contribution in [0.25, 0.3) is 0 Å². The molecular formula is C16H20FNO3S. The highest BCUT2D eigenvalue weighted by Gasteiger charge is 2.37. The summed E-state index contributed by atoms with van der Waals surface area (Å²) in [6.07, 6.45) is 3.69. The van der Waals surface area contributed by atoms with Crippen LogP contribution < -0.4 is 5.32 Å². The summed E-state index contributed by atoms with van der Waals surface area (Å²) in [5, 5.41) is 11.9. The first-order valence-corrected chi connectivity index (χ1v) is 8.39. The maximum absolute atomic E-state index is 12.8. The van der Waals surface area contributed by atoms with Gasteiger partial charge in [-0.2, -0.15) is 0 Å². The number of thioether (sulfide) groups is 1. The lowest BCUT2D eigenvalue weighted by atomic mass is 9.93. The number of amides is 1. The molecule has 4 nitrogen and oxygen atoms in total. The highest BCUT2D eigenvalue weighted by atomic mass is 32.2. The third-order valence-electron chi connectivity index (χ3n) is 3.87. The van der Waals surface area contributed by atoms with Crippen molar-refractivity contribution in [2.45, 2.75) is 49.0 Å². The second-order valence-corrected chi connectivity index (χ2v) is 6.83. The Kier molecular flexibility index (Phi) is 5.83. The standard InChI is InChI=1S/C16H20FNO3S/c17-12-3-5-13(6-4-12)22-10-7-14(19)18-16(11-15(20)21)8-1-2-9-16/h3-6H,1-2,7-11H2,(H,18,19)(H,20,21). The van der Waals surface area contributed by atoms with Gasteiger partial charge in [0.1, 0.15) is 5.82 Å². The number of hydrogen-bond acceptors (Lipinski definition) is 3. The molecule has 6 heteroatoms. The zero-order valence-corrected chi connectivity index (χ0v) is 13.1. The molecule has 0 aromatic heterocycles. The van der Waals surface area contributed by atoms with Crippen molar-refractivity contribution in [1.82, 2.24) is 5.32 Å². The Morgan fingerprint density at radius 2 is 1.86 bits per heavy atom.